The Morgan fingerprint density at radius 2 is 1.84 bits per heavy atom. The highest BCUT2D eigenvalue weighted by atomic mass is 19.1. The zero-order chi connectivity index (χ0) is 22.0. The lowest BCUT2D eigenvalue weighted by Crippen LogP contribution is -2.27. The Hall–Kier alpha value is -3.28. The number of rotatable bonds is 7. The second kappa shape index (κ2) is 8.84. The molecule has 3 aromatic rings. The highest BCUT2D eigenvalue weighted by Gasteiger charge is 2.18. The molecule has 1 unspecified atom stereocenters. The highest BCUT2D eigenvalue weighted by molar-refractivity contribution is 5.98. The third-order valence-corrected chi connectivity index (χ3v) is 5.96. The van der Waals surface area contributed by atoms with Crippen LogP contribution < -0.4 is 5.32 Å². The van der Waals surface area contributed by atoms with Crippen LogP contribution in [0.4, 0.5) is 4.39 Å². The van der Waals surface area contributed by atoms with Gasteiger partial charge in [0, 0.05) is 29.7 Å². The molecule has 1 aromatic heterocycles. The summed E-state index contributed by atoms with van der Waals surface area (Å²) >= 11 is 0. The van der Waals surface area contributed by atoms with Crippen LogP contribution in [0, 0.1) is 12.7 Å². The molecule has 1 aliphatic rings. The van der Waals surface area contributed by atoms with E-state index in [0.29, 0.717) is 5.56 Å². The molecule has 0 radical (unpaired) electrons. The summed E-state index contributed by atoms with van der Waals surface area (Å²) in [5.74, 6) is -0.474. The van der Waals surface area contributed by atoms with Crippen LogP contribution in [0.1, 0.15) is 65.0 Å². The average Bonchev–Trinajstić information content (AvgIpc) is 3.38. The number of carbonyl (C=O) groups excluding carboxylic acids is 2. The quantitative estimate of drug-likeness (QED) is 0.567. The van der Waals surface area contributed by atoms with Gasteiger partial charge < -0.3 is 5.32 Å². The summed E-state index contributed by atoms with van der Waals surface area (Å²) in [6, 6.07) is 11.7. The molecule has 0 saturated heterocycles. The fraction of sp³-hybridized carbons (Fsp3) is 0.320. The number of hydrogen-bond acceptors (Lipinski definition) is 3. The normalized spacial score (nSPS) is 13.6. The minimum atomic E-state index is -0.302. The van der Waals surface area contributed by atoms with E-state index in [-0.39, 0.29) is 36.4 Å². The minimum Gasteiger partial charge on any atom is -0.349 e. The Kier molecular flexibility index (Phi) is 5.98. The number of Topliss-reactive ketones (excluding diaryl/α,β-unsaturated/α-hetero) is 1. The van der Waals surface area contributed by atoms with Crippen LogP contribution in [0.15, 0.2) is 48.7 Å². The molecule has 160 valence electrons. The van der Waals surface area contributed by atoms with Crippen LogP contribution in [-0.4, -0.2) is 21.5 Å². The Balaban J connectivity index is 1.34. The van der Waals surface area contributed by atoms with Gasteiger partial charge in [-0.2, -0.15) is 5.10 Å². The van der Waals surface area contributed by atoms with Crippen molar-refractivity contribution in [2.24, 2.45) is 0 Å². The number of nitrogens with zero attached hydrogens (tertiary/aromatic N) is 2. The number of ketones is 1. The molecule has 1 heterocycles. The first kappa shape index (κ1) is 21.0. The fourth-order valence-corrected chi connectivity index (χ4v) is 4.20. The highest BCUT2D eigenvalue weighted by Crippen LogP contribution is 2.24. The van der Waals surface area contributed by atoms with Gasteiger partial charge in [0.1, 0.15) is 5.82 Å². The van der Waals surface area contributed by atoms with Gasteiger partial charge in [-0.15, -0.1) is 0 Å². The topological polar surface area (TPSA) is 64.0 Å². The van der Waals surface area contributed by atoms with Crippen molar-refractivity contribution < 1.29 is 14.0 Å². The van der Waals surface area contributed by atoms with Crippen molar-refractivity contribution in [3.63, 3.8) is 0 Å². The van der Waals surface area contributed by atoms with E-state index in [2.05, 4.69) is 10.4 Å². The lowest BCUT2D eigenvalue weighted by Gasteiger charge is -2.14. The van der Waals surface area contributed by atoms with Crippen molar-refractivity contribution >= 4 is 11.7 Å². The largest absolute Gasteiger partial charge is 0.349 e. The summed E-state index contributed by atoms with van der Waals surface area (Å²) in [5, 5.41) is 7.33. The number of benzene rings is 2. The zero-order valence-corrected chi connectivity index (χ0v) is 17.8. The number of nitrogens with one attached hydrogen (secondary N) is 1. The molecule has 31 heavy (non-hydrogen) atoms. The second-order valence-electron chi connectivity index (χ2n) is 8.12. The van der Waals surface area contributed by atoms with Crippen molar-refractivity contribution in [3.8, 4) is 5.69 Å². The van der Waals surface area contributed by atoms with E-state index in [4.69, 9.17) is 0 Å². The summed E-state index contributed by atoms with van der Waals surface area (Å²) < 4.78 is 14.9. The van der Waals surface area contributed by atoms with E-state index < -0.39 is 0 Å². The van der Waals surface area contributed by atoms with Crippen molar-refractivity contribution in [3.05, 3.63) is 82.4 Å². The Labute approximate surface area is 181 Å². The third kappa shape index (κ3) is 4.58. The zero-order valence-electron chi connectivity index (χ0n) is 17.8. The molecule has 5 nitrogen and oxygen atoms in total. The summed E-state index contributed by atoms with van der Waals surface area (Å²) in [6.07, 6.45) is 5.29. The number of aryl methyl sites for hydroxylation is 2. The summed E-state index contributed by atoms with van der Waals surface area (Å²) in [6.45, 7) is 3.80. The van der Waals surface area contributed by atoms with E-state index in [1.54, 1.807) is 23.0 Å². The average molecular weight is 420 g/mol. The summed E-state index contributed by atoms with van der Waals surface area (Å²) in [7, 11) is 0. The smallest absolute Gasteiger partial charge is 0.220 e. The SMILES string of the molecule is Cc1c(C(C)NC(=O)CCC(=O)c2ccc3c(c2)CCC3)cnn1-c1ccc(F)cc1. The standard InChI is InChI=1S/C25H26FN3O2/c1-16(23-15-27-29(17(23)2)22-10-8-21(26)9-11-22)28-25(31)13-12-24(30)20-7-6-18-4-3-5-19(18)14-20/h6-11,14-16H,3-5,12-13H2,1-2H3,(H,28,31). The predicted octanol–water partition coefficient (Wildman–Crippen LogP) is 4.65. The Morgan fingerprint density at radius 1 is 1.10 bits per heavy atom. The van der Waals surface area contributed by atoms with Gasteiger partial charge in [0.05, 0.1) is 17.9 Å². The van der Waals surface area contributed by atoms with Crippen LogP contribution >= 0.6 is 0 Å². The number of fused-ring (bicyclic) bond motifs is 1. The van der Waals surface area contributed by atoms with Gasteiger partial charge >= 0.3 is 0 Å². The van der Waals surface area contributed by atoms with Gasteiger partial charge in [0.2, 0.25) is 5.91 Å². The lowest BCUT2D eigenvalue weighted by atomic mass is 10.0. The van der Waals surface area contributed by atoms with Crippen LogP contribution in [0.25, 0.3) is 5.69 Å². The first-order valence-electron chi connectivity index (χ1n) is 10.7. The maximum atomic E-state index is 13.2. The molecular weight excluding hydrogens is 393 g/mol. The van der Waals surface area contributed by atoms with Crippen molar-refractivity contribution in [1.29, 1.82) is 0 Å². The van der Waals surface area contributed by atoms with Gasteiger partial charge in [-0.05, 0) is 74.6 Å². The first-order valence-corrected chi connectivity index (χ1v) is 10.7. The van der Waals surface area contributed by atoms with Gasteiger partial charge in [0.25, 0.3) is 0 Å². The van der Waals surface area contributed by atoms with Crippen molar-refractivity contribution in [2.75, 3.05) is 0 Å². The number of aromatic nitrogens is 2. The maximum absolute atomic E-state index is 13.2. The minimum absolute atomic E-state index is 0.00202. The molecule has 4 rings (SSSR count). The van der Waals surface area contributed by atoms with Crippen molar-refractivity contribution in [2.45, 2.75) is 52.0 Å². The van der Waals surface area contributed by atoms with Crippen LogP contribution in [0.2, 0.25) is 0 Å². The van der Waals surface area contributed by atoms with Gasteiger partial charge in [-0.3, -0.25) is 9.59 Å². The molecule has 2 aromatic carbocycles. The summed E-state index contributed by atoms with van der Waals surface area (Å²) in [4.78, 5) is 25.0. The number of carbonyl (C=O) groups is 2. The van der Waals surface area contributed by atoms with Crippen LogP contribution in [0.5, 0.6) is 0 Å². The van der Waals surface area contributed by atoms with E-state index in [1.807, 2.05) is 32.0 Å². The Bertz CT molecular complexity index is 1120. The number of amides is 1. The fourth-order valence-electron chi connectivity index (χ4n) is 4.20. The maximum Gasteiger partial charge on any atom is 0.220 e. The van der Waals surface area contributed by atoms with Crippen molar-refractivity contribution in [1.82, 2.24) is 15.1 Å². The monoisotopic (exact) mass is 419 g/mol. The molecule has 1 amide bonds. The van der Waals surface area contributed by atoms with Crippen LogP contribution in [0.3, 0.4) is 0 Å². The van der Waals surface area contributed by atoms with E-state index in [9.17, 15) is 14.0 Å². The van der Waals surface area contributed by atoms with Gasteiger partial charge in [-0.1, -0.05) is 12.1 Å². The molecule has 0 fully saturated rings. The summed E-state index contributed by atoms with van der Waals surface area (Å²) in [5.41, 5.74) is 5.79. The number of hydrogen-bond donors (Lipinski definition) is 1. The molecule has 0 saturated carbocycles. The first-order chi connectivity index (χ1) is 14.9. The molecule has 0 spiro atoms. The third-order valence-electron chi connectivity index (χ3n) is 5.96. The second-order valence-corrected chi connectivity index (χ2v) is 8.12. The lowest BCUT2D eigenvalue weighted by molar-refractivity contribution is -0.121. The van der Waals surface area contributed by atoms with Gasteiger partial charge in [0.15, 0.2) is 5.78 Å². The van der Waals surface area contributed by atoms with E-state index in [1.165, 1.54) is 23.3 Å². The van der Waals surface area contributed by atoms with Crippen LogP contribution in [-0.2, 0) is 17.6 Å². The molecule has 0 bridgehead atoms. The molecule has 1 atom stereocenters. The van der Waals surface area contributed by atoms with E-state index in [0.717, 1.165) is 36.2 Å². The number of halogens is 1. The molecule has 0 aliphatic heterocycles. The predicted molar refractivity (Wildman–Crippen MR) is 117 cm³/mol. The van der Waals surface area contributed by atoms with Gasteiger partial charge in [-0.25, -0.2) is 9.07 Å². The van der Waals surface area contributed by atoms with E-state index >= 15 is 0 Å². The molecule has 1 N–H and O–H groups in total. The molecule has 1 aliphatic carbocycles. The molecular formula is C25H26FN3O2. The Morgan fingerprint density at radius 3 is 2.61 bits per heavy atom. The molecule has 6 heteroatoms.